The second-order valence-electron chi connectivity index (χ2n) is 8.11. The van der Waals surface area contributed by atoms with Gasteiger partial charge in [-0.25, -0.2) is 13.1 Å². The molecule has 0 aromatic carbocycles. The number of fused-ring (bicyclic) bond motifs is 1. The minimum absolute atomic E-state index is 0.0846. The second-order valence-corrected chi connectivity index (χ2v) is 9.80. The first-order valence-electron chi connectivity index (χ1n) is 9.96. The minimum Gasteiger partial charge on any atom is -0.352 e. The molecular formula is C18H29N5O3S. The Morgan fingerprint density at radius 2 is 2.11 bits per heavy atom. The molecule has 0 bridgehead atoms. The van der Waals surface area contributed by atoms with Crippen LogP contribution < -0.4 is 10.0 Å². The molecule has 3 heterocycles. The summed E-state index contributed by atoms with van der Waals surface area (Å²) in [5.41, 5.74) is 0.0818. The number of amides is 1. The number of carbonyl (C=O) groups is 1. The Kier molecular flexibility index (Phi) is 4.80. The average Bonchev–Trinajstić information content (AvgIpc) is 3.23. The van der Waals surface area contributed by atoms with Gasteiger partial charge in [0.1, 0.15) is 10.4 Å². The lowest BCUT2D eigenvalue weighted by atomic mass is 9.85. The number of rotatable bonds is 6. The van der Waals surface area contributed by atoms with Crippen LogP contribution in [0.2, 0.25) is 0 Å². The molecule has 150 valence electrons. The van der Waals surface area contributed by atoms with Crippen LogP contribution in [0.25, 0.3) is 0 Å². The van der Waals surface area contributed by atoms with Gasteiger partial charge in [0.05, 0.1) is 11.9 Å². The van der Waals surface area contributed by atoms with Crippen LogP contribution in [0, 0.1) is 6.92 Å². The van der Waals surface area contributed by atoms with Crippen LogP contribution >= 0.6 is 0 Å². The zero-order valence-corrected chi connectivity index (χ0v) is 16.9. The van der Waals surface area contributed by atoms with E-state index < -0.39 is 15.6 Å². The van der Waals surface area contributed by atoms with E-state index >= 15 is 0 Å². The maximum absolute atomic E-state index is 13.0. The number of hydrogen-bond donors (Lipinski definition) is 2. The summed E-state index contributed by atoms with van der Waals surface area (Å²) < 4.78 is 30.4. The van der Waals surface area contributed by atoms with Crippen molar-refractivity contribution in [2.24, 2.45) is 0 Å². The number of sulfonamides is 1. The molecule has 2 atom stereocenters. The van der Waals surface area contributed by atoms with Gasteiger partial charge in [-0.2, -0.15) is 5.10 Å². The largest absolute Gasteiger partial charge is 0.352 e. The zero-order chi connectivity index (χ0) is 19.2. The number of hydrogen-bond acceptors (Lipinski definition) is 5. The van der Waals surface area contributed by atoms with Gasteiger partial charge in [0.25, 0.3) is 0 Å². The normalized spacial score (nSPS) is 28.9. The molecule has 1 amide bonds. The maximum atomic E-state index is 13.0. The van der Waals surface area contributed by atoms with E-state index in [2.05, 4.69) is 20.0 Å². The van der Waals surface area contributed by atoms with Crippen molar-refractivity contribution in [3.05, 3.63) is 11.9 Å². The van der Waals surface area contributed by atoms with Gasteiger partial charge in [0.2, 0.25) is 15.9 Å². The van der Waals surface area contributed by atoms with Crippen molar-refractivity contribution in [3.8, 4) is 0 Å². The van der Waals surface area contributed by atoms with Gasteiger partial charge in [-0.3, -0.25) is 14.4 Å². The van der Waals surface area contributed by atoms with Crippen LogP contribution in [-0.2, 0) is 21.4 Å². The molecule has 2 saturated heterocycles. The summed E-state index contributed by atoms with van der Waals surface area (Å²) in [5.74, 6) is 0.0846. The van der Waals surface area contributed by atoms with Gasteiger partial charge in [-0.05, 0) is 58.9 Å². The highest BCUT2D eigenvalue weighted by molar-refractivity contribution is 7.89. The molecule has 4 rings (SSSR count). The molecule has 2 aliphatic heterocycles. The highest BCUT2D eigenvalue weighted by Gasteiger charge is 2.53. The Morgan fingerprint density at radius 1 is 1.33 bits per heavy atom. The molecule has 1 aliphatic carbocycles. The Hall–Kier alpha value is -1.45. The Labute approximate surface area is 160 Å². The molecular weight excluding hydrogens is 366 g/mol. The summed E-state index contributed by atoms with van der Waals surface area (Å²) in [4.78, 5) is 15.4. The molecule has 27 heavy (non-hydrogen) atoms. The lowest BCUT2D eigenvalue weighted by molar-refractivity contribution is -0.134. The van der Waals surface area contributed by atoms with Crippen molar-refractivity contribution < 1.29 is 13.2 Å². The number of nitrogens with one attached hydrogen (secondary N) is 2. The van der Waals surface area contributed by atoms with Gasteiger partial charge in [-0.15, -0.1) is 0 Å². The molecule has 0 radical (unpaired) electrons. The lowest BCUT2D eigenvalue weighted by Gasteiger charge is -2.40. The highest BCUT2D eigenvalue weighted by atomic mass is 32.2. The Balaban J connectivity index is 1.53. The molecule has 8 nitrogen and oxygen atoms in total. The summed E-state index contributed by atoms with van der Waals surface area (Å²) >= 11 is 0. The number of aryl methyl sites for hydroxylation is 1. The van der Waals surface area contributed by atoms with Crippen molar-refractivity contribution >= 4 is 15.9 Å². The first-order valence-corrected chi connectivity index (χ1v) is 11.4. The summed E-state index contributed by atoms with van der Waals surface area (Å²) in [6, 6.07) is 0.0522. The van der Waals surface area contributed by atoms with E-state index in [0.29, 0.717) is 31.2 Å². The second kappa shape index (κ2) is 6.86. The van der Waals surface area contributed by atoms with Crippen LogP contribution in [-0.4, -0.2) is 59.7 Å². The summed E-state index contributed by atoms with van der Waals surface area (Å²) in [7, 11) is -3.66. The average molecular weight is 396 g/mol. The molecule has 3 fully saturated rings. The van der Waals surface area contributed by atoms with Gasteiger partial charge < -0.3 is 5.32 Å². The predicted molar refractivity (Wildman–Crippen MR) is 101 cm³/mol. The van der Waals surface area contributed by atoms with Crippen LogP contribution in [0.1, 0.15) is 51.1 Å². The number of nitrogens with zero attached hydrogens (tertiary/aromatic N) is 3. The number of piperidine rings is 1. The Morgan fingerprint density at radius 3 is 2.78 bits per heavy atom. The van der Waals surface area contributed by atoms with E-state index in [9.17, 15) is 13.2 Å². The van der Waals surface area contributed by atoms with E-state index in [1.54, 1.807) is 11.6 Å². The number of carbonyl (C=O) groups excluding carboxylic acids is 1. The van der Waals surface area contributed by atoms with Gasteiger partial charge in [0, 0.05) is 25.2 Å². The molecule has 3 aliphatic rings. The Bertz CT molecular complexity index is 832. The smallest absolute Gasteiger partial charge is 0.244 e. The zero-order valence-electron chi connectivity index (χ0n) is 16.1. The van der Waals surface area contributed by atoms with Crippen molar-refractivity contribution in [2.75, 3.05) is 13.1 Å². The molecule has 1 aromatic heterocycles. The SMILES string of the molecule is CCn1ncc(S(=O)(=O)N[C@@H]2CN3CCCC[C@]3(C(=O)NC3CC3)C2)c1C. The van der Waals surface area contributed by atoms with Crippen LogP contribution in [0.15, 0.2) is 11.1 Å². The van der Waals surface area contributed by atoms with E-state index in [1.807, 2.05) is 6.92 Å². The van der Waals surface area contributed by atoms with E-state index in [0.717, 1.165) is 38.6 Å². The predicted octanol–water partition coefficient (Wildman–Crippen LogP) is 0.765. The maximum Gasteiger partial charge on any atom is 0.244 e. The van der Waals surface area contributed by atoms with Crippen molar-refractivity contribution in [2.45, 2.75) is 81.4 Å². The first-order chi connectivity index (χ1) is 12.9. The summed E-state index contributed by atoms with van der Waals surface area (Å²) in [5, 5.41) is 7.30. The van der Waals surface area contributed by atoms with Gasteiger partial charge in [-0.1, -0.05) is 0 Å². The molecule has 0 unspecified atom stereocenters. The standard InChI is InChI=1S/C18H29N5O3S/c1-3-23-13(2)16(11-19-23)27(25,26)21-15-10-18(17(24)20-14-6-7-14)8-4-5-9-22(18)12-15/h11,14-15,21H,3-10,12H2,1-2H3,(H,20,24)/t15-,18+/m0/s1. The highest BCUT2D eigenvalue weighted by Crippen LogP contribution is 2.39. The van der Waals surface area contributed by atoms with E-state index in [4.69, 9.17) is 0 Å². The summed E-state index contributed by atoms with van der Waals surface area (Å²) in [6.45, 7) is 5.76. The van der Waals surface area contributed by atoms with Crippen molar-refractivity contribution in [3.63, 3.8) is 0 Å². The molecule has 1 aromatic rings. The molecule has 2 N–H and O–H groups in total. The van der Waals surface area contributed by atoms with Crippen LogP contribution in [0.5, 0.6) is 0 Å². The third kappa shape index (κ3) is 3.40. The van der Waals surface area contributed by atoms with Crippen molar-refractivity contribution in [1.82, 2.24) is 24.7 Å². The minimum atomic E-state index is -3.66. The summed E-state index contributed by atoms with van der Waals surface area (Å²) in [6.07, 6.45) is 6.93. The fourth-order valence-electron chi connectivity index (χ4n) is 4.60. The molecule has 0 spiro atoms. The van der Waals surface area contributed by atoms with Gasteiger partial charge in [0.15, 0.2) is 0 Å². The van der Waals surface area contributed by atoms with Crippen molar-refractivity contribution in [1.29, 1.82) is 0 Å². The van der Waals surface area contributed by atoms with Crippen LogP contribution in [0.4, 0.5) is 0 Å². The fraction of sp³-hybridized carbons (Fsp3) is 0.778. The fourth-order valence-corrected chi connectivity index (χ4v) is 6.00. The third-order valence-corrected chi connectivity index (χ3v) is 7.83. The van der Waals surface area contributed by atoms with Gasteiger partial charge >= 0.3 is 0 Å². The molecule has 1 saturated carbocycles. The monoisotopic (exact) mass is 395 g/mol. The molecule has 9 heteroatoms. The van der Waals surface area contributed by atoms with E-state index in [-0.39, 0.29) is 16.8 Å². The third-order valence-electron chi connectivity index (χ3n) is 6.20. The first kappa shape index (κ1) is 18.9. The lowest BCUT2D eigenvalue weighted by Crippen LogP contribution is -2.57. The number of aromatic nitrogens is 2. The van der Waals surface area contributed by atoms with Crippen LogP contribution in [0.3, 0.4) is 0 Å². The van der Waals surface area contributed by atoms with E-state index in [1.165, 1.54) is 6.20 Å². The quantitative estimate of drug-likeness (QED) is 0.742. The topological polar surface area (TPSA) is 96.3 Å².